The van der Waals surface area contributed by atoms with Gasteiger partial charge in [0.1, 0.15) is 0 Å². The van der Waals surface area contributed by atoms with Crippen molar-refractivity contribution in [1.82, 2.24) is 0 Å². The second-order valence-electron chi connectivity index (χ2n) is 12.2. The van der Waals surface area contributed by atoms with Crippen LogP contribution in [0.25, 0.3) is 0 Å². The summed E-state index contributed by atoms with van der Waals surface area (Å²) in [6, 6.07) is 0. The fourth-order valence-electron chi connectivity index (χ4n) is 5.56. The monoisotopic (exact) mass is 553 g/mol. The van der Waals surface area contributed by atoms with Crippen LogP contribution in [-0.2, 0) is 14.3 Å². The van der Waals surface area contributed by atoms with E-state index >= 15 is 0 Å². The van der Waals surface area contributed by atoms with Gasteiger partial charge in [-0.2, -0.15) is 0 Å². The van der Waals surface area contributed by atoms with Gasteiger partial charge in [-0.15, -0.1) is 0 Å². The third-order valence-electron chi connectivity index (χ3n) is 8.32. The molecule has 0 rings (SSSR count). The maximum Gasteiger partial charge on any atom is 0.320 e. The fraction of sp³-hybridized carbons (Fsp3) is 0.943. The van der Waals surface area contributed by atoms with E-state index in [9.17, 15) is 14.7 Å². The molecule has 0 aromatic rings. The van der Waals surface area contributed by atoms with Gasteiger partial charge in [0, 0.05) is 0 Å². The Morgan fingerprint density at radius 1 is 0.487 bits per heavy atom. The van der Waals surface area contributed by atoms with Crippen LogP contribution in [0, 0.1) is 11.8 Å². The summed E-state index contributed by atoms with van der Waals surface area (Å²) in [5.74, 6) is -2.21. The van der Waals surface area contributed by atoms with Crippen LogP contribution in [0.5, 0.6) is 0 Å². The standard InChI is InChI=1S/C35H68O4/c1-4-7-10-12-14-16-18-19-21-23-25-27-29-32(28-26-24-22-20-17-15-13-11-8-5-2)31-39-35(38)33(34(36)37)30-9-6-3/h32-33H,4-31H2,1-3H3,(H,36,37). The molecule has 0 aliphatic rings. The van der Waals surface area contributed by atoms with E-state index in [0.29, 0.717) is 18.9 Å². The largest absolute Gasteiger partial charge is 0.481 e. The quantitative estimate of drug-likeness (QED) is 0.0527. The second kappa shape index (κ2) is 29.9. The predicted molar refractivity (Wildman–Crippen MR) is 167 cm³/mol. The number of carboxylic acid groups (broad SMARTS) is 1. The summed E-state index contributed by atoms with van der Waals surface area (Å²) in [6.07, 6.45) is 33.6. The van der Waals surface area contributed by atoms with Crippen molar-refractivity contribution >= 4 is 11.9 Å². The van der Waals surface area contributed by atoms with Crippen LogP contribution in [0.1, 0.15) is 194 Å². The smallest absolute Gasteiger partial charge is 0.320 e. The Labute approximate surface area is 243 Å². The van der Waals surface area contributed by atoms with Gasteiger partial charge >= 0.3 is 11.9 Å². The highest BCUT2D eigenvalue weighted by molar-refractivity contribution is 5.93. The summed E-state index contributed by atoms with van der Waals surface area (Å²) in [6.45, 7) is 6.95. The number of hydrogen-bond acceptors (Lipinski definition) is 3. The van der Waals surface area contributed by atoms with Crippen LogP contribution in [0.4, 0.5) is 0 Å². The molecular weight excluding hydrogens is 484 g/mol. The highest BCUT2D eigenvalue weighted by Crippen LogP contribution is 2.22. The summed E-state index contributed by atoms with van der Waals surface area (Å²) in [5, 5.41) is 9.47. The van der Waals surface area contributed by atoms with Crippen LogP contribution in [0.3, 0.4) is 0 Å². The molecule has 0 aromatic heterocycles. The molecule has 0 aromatic carbocycles. The van der Waals surface area contributed by atoms with Gasteiger partial charge in [0.2, 0.25) is 0 Å². The number of hydrogen-bond donors (Lipinski definition) is 1. The van der Waals surface area contributed by atoms with Gasteiger partial charge in [-0.25, -0.2) is 0 Å². The zero-order valence-corrected chi connectivity index (χ0v) is 26.6. The molecule has 39 heavy (non-hydrogen) atoms. The lowest BCUT2D eigenvalue weighted by Crippen LogP contribution is -2.27. The van der Waals surface area contributed by atoms with Crippen molar-refractivity contribution in [2.24, 2.45) is 11.8 Å². The van der Waals surface area contributed by atoms with Crippen LogP contribution < -0.4 is 0 Å². The number of carboxylic acids is 1. The Bertz CT molecular complexity index is 533. The highest BCUT2D eigenvalue weighted by atomic mass is 16.5. The number of aliphatic carboxylic acids is 1. The molecule has 0 spiro atoms. The zero-order chi connectivity index (χ0) is 28.8. The molecule has 2 atom stereocenters. The minimum Gasteiger partial charge on any atom is -0.481 e. The van der Waals surface area contributed by atoms with Crippen LogP contribution in [-0.4, -0.2) is 23.7 Å². The van der Waals surface area contributed by atoms with E-state index < -0.39 is 17.9 Å². The lowest BCUT2D eigenvalue weighted by molar-refractivity contribution is -0.160. The molecule has 232 valence electrons. The second-order valence-corrected chi connectivity index (χ2v) is 12.2. The van der Waals surface area contributed by atoms with Gasteiger partial charge < -0.3 is 9.84 Å². The van der Waals surface area contributed by atoms with E-state index in [1.165, 1.54) is 141 Å². The summed E-state index contributed by atoms with van der Waals surface area (Å²) in [4.78, 5) is 24.1. The third kappa shape index (κ3) is 25.6. The molecule has 0 saturated carbocycles. The Kier molecular flexibility index (Phi) is 29.1. The molecule has 4 heteroatoms. The van der Waals surface area contributed by atoms with E-state index in [2.05, 4.69) is 13.8 Å². The van der Waals surface area contributed by atoms with Gasteiger partial charge in [0.05, 0.1) is 6.61 Å². The number of carbonyl (C=O) groups excluding carboxylic acids is 1. The zero-order valence-electron chi connectivity index (χ0n) is 26.6. The highest BCUT2D eigenvalue weighted by Gasteiger charge is 2.27. The van der Waals surface area contributed by atoms with E-state index in [1.54, 1.807) is 0 Å². The van der Waals surface area contributed by atoms with Crippen molar-refractivity contribution in [3.8, 4) is 0 Å². The molecule has 0 heterocycles. The van der Waals surface area contributed by atoms with Crippen LogP contribution >= 0.6 is 0 Å². The van der Waals surface area contributed by atoms with Crippen molar-refractivity contribution in [2.45, 2.75) is 194 Å². The van der Waals surface area contributed by atoms with Crippen molar-refractivity contribution in [2.75, 3.05) is 6.61 Å². The lowest BCUT2D eigenvalue weighted by atomic mass is 9.94. The SMILES string of the molecule is CCCCCCCCCCCCCCC(CCCCCCCCCCCC)COC(=O)C(CCCC)C(=O)O. The molecule has 2 unspecified atom stereocenters. The van der Waals surface area contributed by atoms with Crippen molar-refractivity contribution < 1.29 is 19.4 Å². The average Bonchev–Trinajstić information content (AvgIpc) is 2.92. The minimum absolute atomic E-state index is 0.367. The number of rotatable bonds is 31. The number of ether oxygens (including phenoxy) is 1. The third-order valence-corrected chi connectivity index (χ3v) is 8.32. The summed E-state index contributed by atoms with van der Waals surface area (Å²) in [5.41, 5.74) is 0. The average molecular weight is 553 g/mol. The summed E-state index contributed by atoms with van der Waals surface area (Å²) in [7, 11) is 0. The maximum atomic E-state index is 12.5. The topological polar surface area (TPSA) is 63.6 Å². The summed E-state index contributed by atoms with van der Waals surface area (Å²) >= 11 is 0. The normalized spacial score (nSPS) is 12.9. The maximum absolute atomic E-state index is 12.5. The van der Waals surface area contributed by atoms with E-state index in [0.717, 1.165) is 25.7 Å². The number of esters is 1. The first-order valence-electron chi connectivity index (χ1n) is 17.5. The number of carbonyl (C=O) groups is 2. The number of unbranched alkanes of at least 4 members (excludes halogenated alkanes) is 21. The fourth-order valence-corrected chi connectivity index (χ4v) is 5.56. The lowest BCUT2D eigenvalue weighted by Gasteiger charge is -2.19. The van der Waals surface area contributed by atoms with Gasteiger partial charge in [0.25, 0.3) is 0 Å². The predicted octanol–water partition coefficient (Wildman–Crippen LogP) is 11.4. The Morgan fingerprint density at radius 2 is 0.821 bits per heavy atom. The van der Waals surface area contributed by atoms with Crippen molar-refractivity contribution in [3.63, 3.8) is 0 Å². The van der Waals surface area contributed by atoms with Crippen LogP contribution in [0.2, 0.25) is 0 Å². The molecule has 0 aliphatic heterocycles. The van der Waals surface area contributed by atoms with Gasteiger partial charge in [-0.1, -0.05) is 175 Å². The van der Waals surface area contributed by atoms with Gasteiger partial charge in [0.15, 0.2) is 5.92 Å². The molecule has 0 amide bonds. The van der Waals surface area contributed by atoms with Gasteiger partial charge in [-0.05, 0) is 25.2 Å². The first-order chi connectivity index (χ1) is 19.1. The molecular formula is C35H68O4. The van der Waals surface area contributed by atoms with E-state index in [-0.39, 0.29) is 0 Å². The molecule has 0 saturated heterocycles. The van der Waals surface area contributed by atoms with E-state index in [1.807, 2.05) is 6.92 Å². The molecule has 0 radical (unpaired) electrons. The van der Waals surface area contributed by atoms with Gasteiger partial charge in [-0.3, -0.25) is 9.59 Å². The van der Waals surface area contributed by atoms with Crippen molar-refractivity contribution in [3.05, 3.63) is 0 Å². The van der Waals surface area contributed by atoms with Crippen LogP contribution in [0.15, 0.2) is 0 Å². The molecule has 0 bridgehead atoms. The molecule has 4 nitrogen and oxygen atoms in total. The minimum atomic E-state index is -1.04. The molecule has 0 fully saturated rings. The molecule has 0 aliphatic carbocycles. The first-order valence-corrected chi connectivity index (χ1v) is 17.5. The van der Waals surface area contributed by atoms with Crippen molar-refractivity contribution in [1.29, 1.82) is 0 Å². The Hall–Kier alpha value is -1.06. The molecule has 1 N–H and O–H groups in total. The first kappa shape index (κ1) is 37.9. The Balaban J connectivity index is 4.24. The van der Waals surface area contributed by atoms with E-state index in [4.69, 9.17) is 4.74 Å². The Morgan fingerprint density at radius 3 is 1.15 bits per heavy atom. The summed E-state index contributed by atoms with van der Waals surface area (Å²) < 4.78 is 5.60.